The molecule has 0 radical (unpaired) electrons. The van der Waals surface area contributed by atoms with Gasteiger partial charge in [-0.25, -0.2) is 8.78 Å². The molecular formula is C13H17ClF2N2O2. The molecule has 0 bridgehead atoms. The van der Waals surface area contributed by atoms with Gasteiger partial charge in [0.15, 0.2) is 11.6 Å². The highest BCUT2D eigenvalue weighted by atomic mass is 35.5. The molecule has 0 spiro atoms. The van der Waals surface area contributed by atoms with Crippen LogP contribution < -0.4 is 10.5 Å². The number of halogens is 3. The first-order chi connectivity index (χ1) is 9.08. The number of hydrogen-bond acceptors (Lipinski definition) is 3. The summed E-state index contributed by atoms with van der Waals surface area (Å²) in [6.07, 6.45) is 0.779. The van der Waals surface area contributed by atoms with Crippen molar-refractivity contribution in [1.29, 1.82) is 0 Å². The van der Waals surface area contributed by atoms with Crippen LogP contribution >= 0.6 is 12.4 Å². The Bertz CT molecular complexity index is 500. The third kappa shape index (κ3) is 3.02. The Morgan fingerprint density at radius 1 is 1.50 bits per heavy atom. The highest BCUT2D eigenvalue weighted by Crippen LogP contribution is 2.27. The Kier molecular flexibility index (Phi) is 5.71. The van der Waals surface area contributed by atoms with Crippen molar-refractivity contribution >= 4 is 18.3 Å². The van der Waals surface area contributed by atoms with E-state index in [0.717, 1.165) is 12.5 Å². The first-order valence-electron chi connectivity index (χ1n) is 6.09. The molecule has 0 aromatic heterocycles. The van der Waals surface area contributed by atoms with Crippen molar-refractivity contribution in [3.63, 3.8) is 0 Å². The van der Waals surface area contributed by atoms with Crippen molar-refractivity contribution < 1.29 is 18.3 Å². The molecule has 4 nitrogen and oxygen atoms in total. The van der Waals surface area contributed by atoms with Crippen molar-refractivity contribution in [2.75, 3.05) is 26.7 Å². The number of nitrogens with two attached hydrogens (primary N) is 1. The van der Waals surface area contributed by atoms with Gasteiger partial charge in [-0.3, -0.25) is 4.79 Å². The summed E-state index contributed by atoms with van der Waals surface area (Å²) < 4.78 is 32.0. The third-order valence-corrected chi connectivity index (χ3v) is 3.40. The number of methoxy groups -OCH3 is 1. The maximum Gasteiger partial charge on any atom is 0.260 e. The molecule has 0 saturated carbocycles. The van der Waals surface area contributed by atoms with E-state index < -0.39 is 17.5 Å². The lowest BCUT2D eigenvalue weighted by Gasteiger charge is -2.18. The maximum absolute atomic E-state index is 13.8. The summed E-state index contributed by atoms with van der Waals surface area (Å²) in [6.45, 7) is 1.45. The van der Waals surface area contributed by atoms with E-state index in [1.54, 1.807) is 0 Å². The second kappa shape index (κ2) is 6.85. The van der Waals surface area contributed by atoms with Crippen LogP contribution in [0.3, 0.4) is 0 Å². The first-order valence-corrected chi connectivity index (χ1v) is 6.09. The van der Waals surface area contributed by atoms with Gasteiger partial charge >= 0.3 is 0 Å². The summed E-state index contributed by atoms with van der Waals surface area (Å²) in [5.74, 6) is -2.52. The number of carbonyl (C=O) groups excluding carboxylic acids is 1. The Hall–Kier alpha value is -1.40. The fourth-order valence-corrected chi connectivity index (χ4v) is 2.27. The molecule has 1 aromatic carbocycles. The van der Waals surface area contributed by atoms with Crippen LogP contribution in [0, 0.1) is 17.6 Å². The van der Waals surface area contributed by atoms with E-state index in [4.69, 9.17) is 10.5 Å². The zero-order valence-electron chi connectivity index (χ0n) is 11.1. The number of rotatable bonds is 3. The lowest BCUT2D eigenvalue weighted by molar-refractivity contribution is 0.0778. The Labute approximate surface area is 122 Å². The van der Waals surface area contributed by atoms with Gasteiger partial charge in [0.2, 0.25) is 0 Å². The fourth-order valence-electron chi connectivity index (χ4n) is 2.27. The Balaban J connectivity index is 0.00000200. The topological polar surface area (TPSA) is 55.6 Å². The number of benzene rings is 1. The van der Waals surface area contributed by atoms with Crippen molar-refractivity contribution in [1.82, 2.24) is 4.90 Å². The average molecular weight is 307 g/mol. The van der Waals surface area contributed by atoms with Gasteiger partial charge in [-0.05, 0) is 31.0 Å². The second-order valence-corrected chi connectivity index (χ2v) is 4.58. The molecular weight excluding hydrogens is 290 g/mol. The van der Waals surface area contributed by atoms with Gasteiger partial charge in [0.25, 0.3) is 5.91 Å². The number of hydrogen-bond donors (Lipinski definition) is 1. The normalized spacial score (nSPS) is 17.8. The third-order valence-electron chi connectivity index (χ3n) is 3.40. The second-order valence-electron chi connectivity index (χ2n) is 4.58. The molecule has 1 fully saturated rings. The molecule has 0 aliphatic carbocycles. The number of likely N-dealkylation sites (tertiary alicyclic amines) is 1. The van der Waals surface area contributed by atoms with E-state index in [-0.39, 0.29) is 29.6 Å². The molecule has 1 unspecified atom stereocenters. The molecule has 1 aromatic rings. The van der Waals surface area contributed by atoms with Crippen LogP contribution in [-0.4, -0.2) is 37.6 Å². The molecule has 2 N–H and O–H groups in total. The number of amides is 1. The minimum Gasteiger partial charge on any atom is -0.496 e. The summed E-state index contributed by atoms with van der Waals surface area (Å²) in [7, 11) is 1.32. The molecule has 1 aliphatic rings. The van der Waals surface area contributed by atoms with Crippen molar-refractivity contribution in [3.05, 3.63) is 29.3 Å². The SMILES string of the molecule is COc1ccc(F)c(F)c1C(=O)N1CCC(CN)C1.Cl. The van der Waals surface area contributed by atoms with Crippen LogP contribution in [0.5, 0.6) is 5.75 Å². The molecule has 20 heavy (non-hydrogen) atoms. The predicted octanol–water partition coefficient (Wildman–Crippen LogP) is 1.82. The summed E-state index contributed by atoms with van der Waals surface area (Å²) in [5, 5.41) is 0. The molecule has 1 aliphatic heterocycles. The van der Waals surface area contributed by atoms with Gasteiger partial charge in [0, 0.05) is 13.1 Å². The number of nitrogens with zero attached hydrogens (tertiary/aromatic N) is 1. The molecule has 2 rings (SSSR count). The van der Waals surface area contributed by atoms with E-state index in [0.29, 0.717) is 19.6 Å². The van der Waals surface area contributed by atoms with Gasteiger partial charge in [-0.1, -0.05) is 0 Å². The summed E-state index contributed by atoms with van der Waals surface area (Å²) >= 11 is 0. The maximum atomic E-state index is 13.8. The van der Waals surface area contributed by atoms with E-state index >= 15 is 0 Å². The zero-order chi connectivity index (χ0) is 14.0. The van der Waals surface area contributed by atoms with Crippen LogP contribution in [0.15, 0.2) is 12.1 Å². The van der Waals surface area contributed by atoms with Crippen LogP contribution in [0.4, 0.5) is 8.78 Å². The minimum atomic E-state index is -1.17. The lowest BCUT2D eigenvalue weighted by atomic mass is 10.1. The largest absolute Gasteiger partial charge is 0.496 e. The van der Waals surface area contributed by atoms with Gasteiger partial charge in [-0.15, -0.1) is 12.4 Å². The first kappa shape index (κ1) is 16.7. The molecule has 1 atom stereocenters. The van der Waals surface area contributed by atoms with Gasteiger partial charge in [0.05, 0.1) is 7.11 Å². The monoisotopic (exact) mass is 306 g/mol. The summed E-state index contributed by atoms with van der Waals surface area (Å²) in [4.78, 5) is 13.7. The highest BCUT2D eigenvalue weighted by Gasteiger charge is 2.30. The van der Waals surface area contributed by atoms with E-state index in [2.05, 4.69) is 0 Å². The predicted molar refractivity (Wildman–Crippen MR) is 73.2 cm³/mol. The number of ether oxygens (including phenoxy) is 1. The molecule has 1 amide bonds. The van der Waals surface area contributed by atoms with Gasteiger partial charge in [0.1, 0.15) is 11.3 Å². The quantitative estimate of drug-likeness (QED) is 0.927. The average Bonchev–Trinajstić information content (AvgIpc) is 2.89. The van der Waals surface area contributed by atoms with E-state index in [9.17, 15) is 13.6 Å². The minimum absolute atomic E-state index is 0. The molecule has 1 heterocycles. The fraction of sp³-hybridized carbons (Fsp3) is 0.462. The lowest BCUT2D eigenvalue weighted by Crippen LogP contribution is -2.31. The molecule has 1 saturated heterocycles. The van der Waals surface area contributed by atoms with Crippen LogP contribution in [0.1, 0.15) is 16.8 Å². The van der Waals surface area contributed by atoms with Crippen molar-refractivity contribution in [2.45, 2.75) is 6.42 Å². The number of carbonyl (C=O) groups is 1. The Morgan fingerprint density at radius 3 is 2.75 bits per heavy atom. The van der Waals surface area contributed by atoms with Gasteiger partial charge in [-0.2, -0.15) is 0 Å². The standard InChI is InChI=1S/C13H16F2N2O2.ClH/c1-19-10-3-2-9(14)12(15)11(10)13(18)17-5-4-8(6-16)7-17;/h2-3,8H,4-7,16H2,1H3;1H. The highest BCUT2D eigenvalue weighted by molar-refractivity contribution is 5.97. The van der Waals surface area contributed by atoms with Crippen molar-refractivity contribution in [3.8, 4) is 5.75 Å². The molecule has 7 heteroatoms. The van der Waals surface area contributed by atoms with Gasteiger partial charge < -0.3 is 15.4 Å². The summed E-state index contributed by atoms with van der Waals surface area (Å²) in [6, 6.07) is 2.19. The van der Waals surface area contributed by atoms with E-state index in [1.165, 1.54) is 18.1 Å². The zero-order valence-corrected chi connectivity index (χ0v) is 11.9. The van der Waals surface area contributed by atoms with Crippen LogP contribution in [0.2, 0.25) is 0 Å². The van der Waals surface area contributed by atoms with Crippen molar-refractivity contribution in [2.24, 2.45) is 11.7 Å². The molecule has 112 valence electrons. The Morgan fingerprint density at radius 2 is 2.20 bits per heavy atom. The smallest absolute Gasteiger partial charge is 0.260 e. The summed E-state index contributed by atoms with van der Waals surface area (Å²) in [5.41, 5.74) is 5.20. The van der Waals surface area contributed by atoms with E-state index in [1.807, 2.05) is 0 Å². The van der Waals surface area contributed by atoms with Crippen LogP contribution in [0.25, 0.3) is 0 Å². The van der Waals surface area contributed by atoms with Crippen LogP contribution in [-0.2, 0) is 0 Å².